The van der Waals surface area contributed by atoms with Gasteiger partial charge in [0.15, 0.2) is 6.61 Å². The Morgan fingerprint density at radius 1 is 1.29 bits per heavy atom. The third kappa shape index (κ3) is 4.47. The molecule has 3 rings (SSSR count). The Labute approximate surface area is 164 Å². The number of nitrogens with one attached hydrogen (secondary N) is 1. The van der Waals surface area contributed by atoms with Crippen LogP contribution in [0.3, 0.4) is 0 Å². The molecule has 0 saturated carbocycles. The van der Waals surface area contributed by atoms with Crippen LogP contribution in [0.4, 0.5) is 11.4 Å². The monoisotopic (exact) mass is 402 g/mol. The van der Waals surface area contributed by atoms with E-state index in [1.807, 2.05) is 0 Å². The number of aryl methyl sites for hydroxylation is 1. The summed E-state index contributed by atoms with van der Waals surface area (Å²) < 4.78 is 10.5. The van der Waals surface area contributed by atoms with Crippen molar-refractivity contribution < 1.29 is 24.0 Å². The van der Waals surface area contributed by atoms with Crippen molar-refractivity contribution in [3.8, 4) is 5.75 Å². The summed E-state index contributed by atoms with van der Waals surface area (Å²) in [7, 11) is 0. The number of hydrogen-bond donors (Lipinski definition) is 1. The Kier molecular flexibility index (Phi) is 5.60. The van der Waals surface area contributed by atoms with Gasteiger partial charge in [-0.05, 0) is 36.8 Å². The quantitative estimate of drug-likeness (QED) is 0.465. The number of nitrogens with zero attached hydrogens (tertiary/aromatic N) is 1. The maximum absolute atomic E-state index is 12.2. The van der Waals surface area contributed by atoms with E-state index in [2.05, 4.69) is 5.32 Å². The van der Waals surface area contributed by atoms with Gasteiger partial charge >= 0.3 is 5.97 Å². The highest BCUT2D eigenvalue weighted by Crippen LogP contribution is 2.29. The summed E-state index contributed by atoms with van der Waals surface area (Å²) in [6, 6.07) is 9.13. The molecule has 144 valence electrons. The molecule has 0 fully saturated rings. The van der Waals surface area contributed by atoms with Crippen molar-refractivity contribution in [2.45, 2.75) is 6.92 Å². The number of esters is 1. The number of halogens is 1. The molecule has 0 bridgehead atoms. The summed E-state index contributed by atoms with van der Waals surface area (Å²) in [6.45, 7) is 1.16. The number of non-ortho nitro benzene ring substituents is 1. The first-order valence-electron chi connectivity index (χ1n) is 8.18. The van der Waals surface area contributed by atoms with Crippen molar-refractivity contribution in [2.24, 2.45) is 0 Å². The van der Waals surface area contributed by atoms with Gasteiger partial charge in [-0.1, -0.05) is 17.7 Å². The highest BCUT2D eigenvalue weighted by atomic mass is 35.5. The average molecular weight is 403 g/mol. The van der Waals surface area contributed by atoms with Crippen LogP contribution in [0.2, 0.25) is 5.02 Å². The molecule has 0 spiro atoms. The van der Waals surface area contributed by atoms with E-state index in [0.29, 0.717) is 21.9 Å². The second-order valence-electron chi connectivity index (χ2n) is 6.02. The van der Waals surface area contributed by atoms with Gasteiger partial charge in [0.1, 0.15) is 12.4 Å². The molecule has 1 aliphatic heterocycles. The number of ether oxygens (including phenoxy) is 2. The number of hydrogen-bond acceptors (Lipinski definition) is 6. The predicted molar refractivity (Wildman–Crippen MR) is 102 cm³/mol. The van der Waals surface area contributed by atoms with Crippen LogP contribution in [0, 0.1) is 17.0 Å². The fraction of sp³-hybridized carbons (Fsp3) is 0.158. The highest BCUT2D eigenvalue weighted by molar-refractivity contribution is 6.30. The topological polar surface area (TPSA) is 108 Å². The molecule has 2 aromatic rings. The van der Waals surface area contributed by atoms with Gasteiger partial charge in [0.2, 0.25) is 0 Å². The summed E-state index contributed by atoms with van der Waals surface area (Å²) in [6.07, 6.45) is 1.59. The minimum absolute atomic E-state index is 0.0130. The van der Waals surface area contributed by atoms with Crippen molar-refractivity contribution in [2.75, 3.05) is 18.5 Å². The van der Waals surface area contributed by atoms with Crippen LogP contribution in [0.1, 0.15) is 11.1 Å². The lowest BCUT2D eigenvalue weighted by Crippen LogP contribution is -2.24. The Balaban J connectivity index is 1.61. The zero-order valence-electron chi connectivity index (χ0n) is 14.7. The van der Waals surface area contributed by atoms with E-state index >= 15 is 0 Å². The van der Waals surface area contributed by atoms with Crippen molar-refractivity contribution in [1.29, 1.82) is 0 Å². The number of carbonyl (C=O) groups excluding carboxylic acids is 2. The molecule has 0 atom stereocenters. The molecule has 0 aliphatic carbocycles. The summed E-state index contributed by atoms with van der Waals surface area (Å²) in [5.41, 5.74) is 1.65. The van der Waals surface area contributed by atoms with E-state index in [-0.39, 0.29) is 23.6 Å². The molecule has 0 unspecified atom stereocenters. The van der Waals surface area contributed by atoms with Crippen LogP contribution < -0.4 is 10.1 Å². The summed E-state index contributed by atoms with van der Waals surface area (Å²) in [5, 5.41) is 13.8. The van der Waals surface area contributed by atoms with Crippen LogP contribution in [0.5, 0.6) is 5.75 Å². The second-order valence-corrected chi connectivity index (χ2v) is 6.46. The third-order valence-electron chi connectivity index (χ3n) is 3.99. The lowest BCUT2D eigenvalue weighted by Gasteiger charge is -2.17. The maximum Gasteiger partial charge on any atom is 0.338 e. The summed E-state index contributed by atoms with van der Waals surface area (Å²) in [4.78, 5) is 34.5. The number of amides is 1. The number of rotatable bonds is 5. The summed E-state index contributed by atoms with van der Waals surface area (Å²) in [5.74, 6) is -0.714. The van der Waals surface area contributed by atoms with Gasteiger partial charge < -0.3 is 14.8 Å². The number of nitro groups is 1. The predicted octanol–water partition coefficient (Wildman–Crippen LogP) is 3.51. The van der Waals surface area contributed by atoms with Crippen LogP contribution in [-0.2, 0) is 14.3 Å². The molecule has 9 heteroatoms. The van der Waals surface area contributed by atoms with Gasteiger partial charge in [-0.15, -0.1) is 0 Å². The van der Waals surface area contributed by atoms with Gasteiger partial charge in [-0.3, -0.25) is 14.9 Å². The Hall–Kier alpha value is -3.39. The van der Waals surface area contributed by atoms with Gasteiger partial charge in [0.05, 0.1) is 16.2 Å². The minimum atomic E-state index is -0.698. The number of fused-ring (bicyclic) bond motifs is 1. The molecule has 1 N–H and O–H groups in total. The standard InChI is InChI=1S/C19H15ClN2O6/c1-11-2-4-15(22(25)26)8-16(11)21-18(23)10-28-19(24)13-6-12-7-14(20)3-5-17(12)27-9-13/h2-8H,9-10H2,1H3,(H,21,23). The van der Waals surface area contributed by atoms with Crippen LogP contribution >= 0.6 is 11.6 Å². The molecule has 1 heterocycles. The lowest BCUT2D eigenvalue weighted by atomic mass is 10.1. The summed E-state index contributed by atoms with van der Waals surface area (Å²) >= 11 is 5.93. The van der Waals surface area contributed by atoms with Crippen LogP contribution in [0.15, 0.2) is 42.0 Å². The molecular formula is C19H15ClN2O6. The SMILES string of the molecule is Cc1ccc([N+](=O)[O-])cc1NC(=O)COC(=O)C1=Cc2cc(Cl)ccc2OC1. The number of benzene rings is 2. The number of carbonyl (C=O) groups is 2. The molecule has 2 aromatic carbocycles. The molecular weight excluding hydrogens is 388 g/mol. The van der Waals surface area contributed by atoms with E-state index in [1.54, 1.807) is 31.2 Å². The maximum atomic E-state index is 12.2. The Morgan fingerprint density at radius 2 is 2.07 bits per heavy atom. The van der Waals surface area contributed by atoms with Crippen molar-refractivity contribution in [1.82, 2.24) is 0 Å². The van der Waals surface area contributed by atoms with Crippen molar-refractivity contribution in [3.63, 3.8) is 0 Å². The Bertz CT molecular complexity index is 1000. The fourth-order valence-electron chi connectivity index (χ4n) is 2.53. The average Bonchev–Trinajstić information content (AvgIpc) is 2.67. The molecule has 28 heavy (non-hydrogen) atoms. The van der Waals surface area contributed by atoms with E-state index in [1.165, 1.54) is 18.2 Å². The largest absolute Gasteiger partial charge is 0.488 e. The molecule has 0 aromatic heterocycles. The zero-order valence-corrected chi connectivity index (χ0v) is 15.5. The first-order valence-corrected chi connectivity index (χ1v) is 8.56. The minimum Gasteiger partial charge on any atom is -0.488 e. The van der Waals surface area contributed by atoms with Gasteiger partial charge in [0.25, 0.3) is 11.6 Å². The van der Waals surface area contributed by atoms with E-state index in [9.17, 15) is 19.7 Å². The molecule has 0 radical (unpaired) electrons. The lowest BCUT2D eigenvalue weighted by molar-refractivity contribution is -0.384. The third-order valence-corrected chi connectivity index (χ3v) is 4.22. The smallest absolute Gasteiger partial charge is 0.338 e. The molecule has 1 amide bonds. The molecule has 1 aliphatic rings. The zero-order chi connectivity index (χ0) is 20.3. The normalized spacial score (nSPS) is 12.3. The van der Waals surface area contributed by atoms with E-state index in [4.69, 9.17) is 21.1 Å². The van der Waals surface area contributed by atoms with Gasteiger partial charge in [-0.2, -0.15) is 0 Å². The number of anilines is 1. The van der Waals surface area contributed by atoms with Gasteiger partial charge in [0, 0.05) is 22.7 Å². The van der Waals surface area contributed by atoms with Crippen molar-refractivity contribution in [3.05, 3.63) is 68.2 Å². The van der Waals surface area contributed by atoms with Crippen molar-refractivity contribution >= 4 is 40.9 Å². The van der Waals surface area contributed by atoms with Crippen LogP contribution in [-0.4, -0.2) is 30.0 Å². The van der Waals surface area contributed by atoms with Crippen LogP contribution in [0.25, 0.3) is 6.08 Å². The molecule has 8 nitrogen and oxygen atoms in total. The first-order chi connectivity index (χ1) is 13.3. The van der Waals surface area contributed by atoms with E-state index in [0.717, 1.165) is 0 Å². The Morgan fingerprint density at radius 3 is 2.82 bits per heavy atom. The number of nitro benzene ring substituents is 1. The van der Waals surface area contributed by atoms with Gasteiger partial charge in [-0.25, -0.2) is 4.79 Å². The fourth-order valence-corrected chi connectivity index (χ4v) is 2.72. The first kappa shape index (κ1) is 19.4. The second kappa shape index (κ2) is 8.10. The molecule has 0 saturated heterocycles. The van der Waals surface area contributed by atoms with E-state index < -0.39 is 23.4 Å². The highest BCUT2D eigenvalue weighted by Gasteiger charge is 2.20.